The second-order valence-electron chi connectivity index (χ2n) is 17.0. The van der Waals surface area contributed by atoms with Crippen LogP contribution in [0.4, 0.5) is 0 Å². The number of rotatable bonds is 14. The van der Waals surface area contributed by atoms with Gasteiger partial charge in [-0.1, -0.05) is 217 Å². The zero-order valence-electron chi connectivity index (χ0n) is 38.8. The molecule has 0 saturated heterocycles. The summed E-state index contributed by atoms with van der Waals surface area (Å²) in [6, 6.07) is 40.5. The van der Waals surface area contributed by atoms with Gasteiger partial charge in [-0.3, -0.25) is 18.2 Å². The fourth-order valence-corrected chi connectivity index (χ4v) is 11.4. The van der Waals surface area contributed by atoms with Gasteiger partial charge in [0, 0.05) is 10.8 Å². The maximum Gasteiger partial charge on any atom is 0.296 e. The zero-order valence-corrected chi connectivity index (χ0v) is 43.6. The molecular formula is C56H46Cl2O12S4. The third-order valence-electron chi connectivity index (χ3n) is 11.9. The maximum absolute atomic E-state index is 11.8. The molecule has 0 bridgehead atoms. The van der Waals surface area contributed by atoms with E-state index in [9.17, 15) is 51.9 Å². The van der Waals surface area contributed by atoms with E-state index >= 15 is 0 Å². The van der Waals surface area contributed by atoms with Gasteiger partial charge in [0.2, 0.25) is 0 Å². The van der Waals surface area contributed by atoms with Gasteiger partial charge >= 0.3 is 0 Å². The fourth-order valence-electron chi connectivity index (χ4n) is 7.97. The Morgan fingerprint density at radius 2 is 0.716 bits per heavy atom. The van der Waals surface area contributed by atoms with E-state index in [-0.39, 0.29) is 19.8 Å². The van der Waals surface area contributed by atoms with Crippen molar-refractivity contribution in [1.82, 2.24) is 0 Å². The lowest BCUT2D eigenvalue weighted by Gasteiger charge is -2.26. The Morgan fingerprint density at radius 3 is 1.04 bits per heavy atom. The van der Waals surface area contributed by atoms with Gasteiger partial charge in [0.1, 0.15) is 19.6 Å². The van der Waals surface area contributed by atoms with Crippen LogP contribution >= 0.6 is 23.2 Å². The van der Waals surface area contributed by atoms with Gasteiger partial charge in [0.15, 0.2) is 0 Å². The average Bonchev–Trinajstić information content (AvgIpc) is 3.37. The van der Waals surface area contributed by atoms with Crippen molar-refractivity contribution in [3.8, 4) is 0 Å². The van der Waals surface area contributed by atoms with Crippen molar-refractivity contribution in [2.45, 2.75) is 32.4 Å². The maximum atomic E-state index is 11.8. The predicted octanol–water partition coefficient (Wildman–Crippen LogP) is 13.2. The smallest absolute Gasteiger partial charge is 0.282 e. The first kappa shape index (κ1) is 55.2. The molecule has 0 saturated carbocycles. The molecule has 0 aromatic heterocycles. The van der Waals surface area contributed by atoms with Crippen molar-refractivity contribution in [3.63, 3.8) is 0 Å². The Balaban J connectivity index is 0.000000217. The molecule has 0 spiro atoms. The van der Waals surface area contributed by atoms with E-state index in [2.05, 4.69) is 6.08 Å². The van der Waals surface area contributed by atoms with Gasteiger partial charge in [-0.05, 0) is 93.8 Å². The van der Waals surface area contributed by atoms with Gasteiger partial charge < -0.3 is 0 Å². The number of benzene rings is 6. The average molecular weight is 1110 g/mol. The molecule has 0 radical (unpaired) electrons. The molecule has 2 aliphatic rings. The molecule has 0 atom stereocenters. The molecule has 2 aliphatic carbocycles. The molecule has 0 aliphatic heterocycles. The highest BCUT2D eigenvalue weighted by Crippen LogP contribution is 2.40. The number of hydrogen-bond acceptors (Lipinski definition) is 8. The van der Waals surface area contributed by atoms with Crippen molar-refractivity contribution in [1.29, 1.82) is 0 Å². The van der Waals surface area contributed by atoms with E-state index in [0.717, 1.165) is 22.3 Å². The van der Waals surface area contributed by atoms with Crippen LogP contribution in [-0.4, -0.2) is 51.9 Å². The lowest BCUT2D eigenvalue weighted by Crippen LogP contribution is -2.13. The largest absolute Gasteiger partial charge is 0.296 e. The Labute approximate surface area is 441 Å². The third kappa shape index (κ3) is 14.4. The molecule has 6 aromatic carbocycles. The molecule has 74 heavy (non-hydrogen) atoms. The molecule has 18 heteroatoms. The van der Waals surface area contributed by atoms with Crippen LogP contribution in [-0.2, 0) is 40.5 Å². The van der Waals surface area contributed by atoms with Gasteiger partial charge in [0.05, 0.1) is 10.0 Å². The minimum absolute atomic E-state index is 0.0929. The molecule has 8 rings (SSSR count). The second kappa shape index (κ2) is 22.9. The highest BCUT2D eigenvalue weighted by Gasteiger charge is 2.26. The highest BCUT2D eigenvalue weighted by atomic mass is 35.5. The van der Waals surface area contributed by atoms with Crippen LogP contribution in [0.1, 0.15) is 46.2 Å². The van der Waals surface area contributed by atoms with E-state index in [4.69, 9.17) is 23.2 Å². The number of allylic oxidation sites excluding steroid dienone is 12. The summed E-state index contributed by atoms with van der Waals surface area (Å²) in [4.78, 5) is -1.21. The van der Waals surface area contributed by atoms with Crippen LogP contribution in [0.5, 0.6) is 0 Å². The summed E-state index contributed by atoms with van der Waals surface area (Å²) < 4.78 is 132. The first-order valence-corrected chi connectivity index (χ1v) is 28.8. The van der Waals surface area contributed by atoms with E-state index in [1.807, 2.05) is 103 Å². The molecule has 12 nitrogen and oxygen atoms in total. The Hall–Kier alpha value is -6.54. The summed E-state index contributed by atoms with van der Waals surface area (Å²) in [6.07, 6.45) is 27.0. The van der Waals surface area contributed by atoms with E-state index in [1.54, 1.807) is 72.9 Å². The van der Waals surface area contributed by atoms with Gasteiger partial charge in [-0.25, -0.2) is 0 Å². The topological polar surface area (TPSA) is 217 Å². The van der Waals surface area contributed by atoms with Crippen molar-refractivity contribution in [2.24, 2.45) is 10.8 Å². The quantitative estimate of drug-likeness (QED) is 0.0749. The van der Waals surface area contributed by atoms with E-state index in [1.165, 1.54) is 48.5 Å². The molecule has 0 unspecified atom stereocenters. The summed E-state index contributed by atoms with van der Waals surface area (Å²) in [6.45, 7) is 0. The van der Waals surface area contributed by atoms with Crippen molar-refractivity contribution < 1.29 is 51.9 Å². The number of halogens is 2. The van der Waals surface area contributed by atoms with Gasteiger partial charge in [0.25, 0.3) is 40.5 Å². The monoisotopic (exact) mass is 1110 g/mol. The molecule has 6 aromatic rings. The molecule has 0 amide bonds. The minimum atomic E-state index is -4.50. The molecule has 0 fully saturated rings. The molecule has 4 N–H and O–H groups in total. The van der Waals surface area contributed by atoms with Crippen molar-refractivity contribution >= 4 is 99.1 Å². The van der Waals surface area contributed by atoms with Gasteiger partial charge in [-0.2, -0.15) is 33.7 Å². The van der Waals surface area contributed by atoms with Crippen molar-refractivity contribution in [3.05, 3.63) is 250 Å². The Morgan fingerprint density at radius 1 is 0.392 bits per heavy atom. The first-order chi connectivity index (χ1) is 34.9. The summed E-state index contributed by atoms with van der Waals surface area (Å²) in [5.41, 5.74) is 4.37. The normalized spacial score (nSPS) is 18.4. The molecule has 0 heterocycles. The van der Waals surface area contributed by atoms with Crippen molar-refractivity contribution in [2.75, 3.05) is 0 Å². The molecule has 380 valence electrons. The van der Waals surface area contributed by atoms with Crippen LogP contribution < -0.4 is 0 Å². The van der Waals surface area contributed by atoms with Crippen LogP contribution in [0.25, 0.3) is 35.5 Å². The number of hydrogen-bond donors (Lipinski definition) is 4. The lowest BCUT2D eigenvalue weighted by molar-refractivity contribution is 0.480. The summed E-state index contributed by atoms with van der Waals surface area (Å²) in [7, 11) is -17.8. The fraction of sp³-hybridized carbons (Fsp3) is 0.0714. The minimum Gasteiger partial charge on any atom is -0.282 e. The highest BCUT2D eigenvalue weighted by molar-refractivity contribution is 7.86. The predicted molar refractivity (Wildman–Crippen MR) is 292 cm³/mol. The zero-order chi connectivity index (χ0) is 53.4. The summed E-state index contributed by atoms with van der Waals surface area (Å²) in [5, 5.41) is -0.186. The summed E-state index contributed by atoms with van der Waals surface area (Å²) in [5.74, 6) is 0. The third-order valence-corrected chi connectivity index (χ3v) is 16.4. The first-order valence-electron chi connectivity index (χ1n) is 22.3. The van der Waals surface area contributed by atoms with E-state index in [0.29, 0.717) is 35.1 Å². The van der Waals surface area contributed by atoms with Crippen LogP contribution in [0.2, 0.25) is 10.0 Å². The van der Waals surface area contributed by atoms with Gasteiger partial charge in [-0.15, -0.1) is 0 Å². The lowest BCUT2D eigenvalue weighted by atomic mass is 9.78. The summed E-state index contributed by atoms with van der Waals surface area (Å²) >= 11 is 11.9. The second-order valence-corrected chi connectivity index (χ2v) is 23.4. The van der Waals surface area contributed by atoms with Crippen LogP contribution in [0, 0.1) is 10.8 Å². The van der Waals surface area contributed by atoms with Crippen LogP contribution in [0.3, 0.4) is 0 Å². The van der Waals surface area contributed by atoms with Crippen LogP contribution in [0.15, 0.2) is 226 Å². The Bertz CT molecular complexity index is 3630. The standard InChI is InChI=1S/C28H22Cl2O6S2.C28H24O6S2/c29-24-8-6-20(18-26(24)37(31,32)33)10-14-28(16-12-23(13-17-28)22-4-2-1-3-5-22)15-11-21-7-9-25(30)27(19-21)38(34,35)36;29-35(30,31)26-12-6-4-10-24(26)16-20-28(18-14-23(15-19-28)22-8-2-1-3-9-22)21-17-25-11-5-7-13-27(25)36(32,33)34/h1-16,18-19H,17H2,(H,31,32,33)(H,34,35,36);1-18,20-21H,19H2,(H,29,30,31)(H,32,33,34). The Kier molecular flexibility index (Phi) is 17.1. The van der Waals surface area contributed by atoms with E-state index < -0.39 is 61.1 Å². The molecular weight excluding hydrogens is 1060 g/mol. The SMILES string of the molecule is O=S(=O)(O)c1cc(C=CC2(C=Cc3ccc(Cl)c(S(=O)(=O)O)c3)C=CC(c3ccccc3)=CC2)ccc1Cl.O=S(=O)(O)c1ccccc1C=CC1(C=Cc2ccccc2S(=O)(=O)O)C=CC(c2ccccc2)=CC1.